The number of nitriles is 1. The first-order valence-corrected chi connectivity index (χ1v) is 9.41. The van der Waals surface area contributed by atoms with Crippen LogP contribution in [-0.4, -0.2) is 31.1 Å². The average Bonchev–Trinajstić information content (AvgIpc) is 3.25. The van der Waals surface area contributed by atoms with Gasteiger partial charge in [0.2, 0.25) is 5.95 Å². The summed E-state index contributed by atoms with van der Waals surface area (Å²) in [5.41, 5.74) is 2.24. The van der Waals surface area contributed by atoms with E-state index < -0.39 is 11.7 Å². The van der Waals surface area contributed by atoms with E-state index in [1.165, 1.54) is 29.2 Å². The zero-order valence-electron chi connectivity index (χ0n) is 16.1. The van der Waals surface area contributed by atoms with Crippen molar-refractivity contribution in [1.82, 2.24) is 24.6 Å². The Morgan fingerprint density at radius 3 is 2.55 bits per heavy atom. The maximum atomic E-state index is 12.8. The smallest absolute Gasteiger partial charge is 0.354 e. The van der Waals surface area contributed by atoms with Crippen molar-refractivity contribution in [2.75, 3.05) is 11.9 Å². The van der Waals surface area contributed by atoms with Crippen molar-refractivity contribution in [3.8, 4) is 17.3 Å². The van der Waals surface area contributed by atoms with Crippen LogP contribution in [-0.2, 0) is 12.6 Å². The quantitative estimate of drug-likeness (QED) is 0.469. The summed E-state index contributed by atoms with van der Waals surface area (Å²) >= 11 is 0. The molecule has 1 aromatic carbocycles. The fourth-order valence-electron chi connectivity index (χ4n) is 3.03. The first-order valence-electron chi connectivity index (χ1n) is 9.41. The van der Waals surface area contributed by atoms with Gasteiger partial charge in [-0.3, -0.25) is 4.98 Å². The van der Waals surface area contributed by atoms with E-state index in [0.717, 1.165) is 24.2 Å². The maximum Gasteiger partial charge on any atom is 0.416 e. The topological polar surface area (TPSA) is 91.8 Å². The van der Waals surface area contributed by atoms with Gasteiger partial charge < -0.3 is 5.32 Å². The lowest BCUT2D eigenvalue weighted by atomic mass is 10.1. The fourth-order valence-corrected chi connectivity index (χ4v) is 3.03. The van der Waals surface area contributed by atoms with E-state index in [9.17, 15) is 13.2 Å². The molecule has 7 nitrogen and oxygen atoms in total. The molecule has 0 atom stereocenters. The molecule has 3 aromatic heterocycles. The number of nitrogens with one attached hydrogen (secondary N) is 1. The van der Waals surface area contributed by atoms with Gasteiger partial charge in [-0.05, 0) is 37.1 Å². The largest absolute Gasteiger partial charge is 0.416 e. The number of pyridine rings is 1. The number of hydrogen-bond acceptors (Lipinski definition) is 6. The monoisotopic (exact) mass is 423 g/mol. The Morgan fingerprint density at radius 1 is 1.06 bits per heavy atom. The average molecular weight is 423 g/mol. The summed E-state index contributed by atoms with van der Waals surface area (Å²) in [5.74, 6) is 0.442. The molecule has 0 aliphatic rings. The van der Waals surface area contributed by atoms with Crippen molar-refractivity contribution in [3.63, 3.8) is 0 Å². The van der Waals surface area contributed by atoms with Gasteiger partial charge in [0.05, 0.1) is 16.8 Å². The zero-order valence-corrected chi connectivity index (χ0v) is 16.1. The summed E-state index contributed by atoms with van der Waals surface area (Å²) in [4.78, 5) is 12.9. The highest BCUT2D eigenvalue weighted by Crippen LogP contribution is 2.31. The molecule has 0 saturated carbocycles. The second-order valence-electron chi connectivity index (χ2n) is 6.75. The van der Waals surface area contributed by atoms with Crippen LogP contribution in [0.1, 0.15) is 23.2 Å². The first-order chi connectivity index (χ1) is 14.9. The van der Waals surface area contributed by atoms with Gasteiger partial charge in [0.15, 0.2) is 5.65 Å². The number of hydrogen-bond donors (Lipinski definition) is 1. The second-order valence-corrected chi connectivity index (χ2v) is 6.75. The van der Waals surface area contributed by atoms with Crippen LogP contribution < -0.4 is 5.32 Å². The van der Waals surface area contributed by atoms with Crippen molar-refractivity contribution in [3.05, 3.63) is 71.8 Å². The van der Waals surface area contributed by atoms with Gasteiger partial charge >= 0.3 is 6.18 Å². The molecule has 0 spiro atoms. The first kappa shape index (κ1) is 20.3. The molecule has 0 saturated heterocycles. The van der Waals surface area contributed by atoms with E-state index in [1.807, 2.05) is 12.1 Å². The van der Waals surface area contributed by atoms with Crippen molar-refractivity contribution >= 4 is 11.6 Å². The van der Waals surface area contributed by atoms with Gasteiger partial charge in [-0.15, -0.1) is 0 Å². The van der Waals surface area contributed by atoms with Crippen LogP contribution in [0.15, 0.2) is 55.0 Å². The van der Waals surface area contributed by atoms with E-state index >= 15 is 0 Å². The number of benzene rings is 1. The van der Waals surface area contributed by atoms with E-state index in [2.05, 4.69) is 25.4 Å². The van der Waals surface area contributed by atoms with Crippen molar-refractivity contribution in [1.29, 1.82) is 5.26 Å². The normalized spacial score (nSPS) is 11.4. The van der Waals surface area contributed by atoms with Crippen LogP contribution >= 0.6 is 0 Å². The standard InChI is InChI=1S/C21H16F3N7/c22-21(23,24)16-6-4-15(5-7-16)18-10-19-28-13-29-31(19)20(30-18)26-9-1-2-17-8-3-14(11-25)12-27-17/h3-8,10,12-13H,1-2,9H2,(H,26,30). The third kappa shape index (κ3) is 4.61. The molecule has 10 heteroatoms. The van der Waals surface area contributed by atoms with E-state index in [0.29, 0.717) is 41.4 Å². The molecule has 0 amide bonds. The Balaban J connectivity index is 1.48. The molecule has 0 bridgehead atoms. The summed E-state index contributed by atoms with van der Waals surface area (Å²) in [6.07, 6.45) is -0.00526. The van der Waals surface area contributed by atoms with Crippen LogP contribution in [0.2, 0.25) is 0 Å². The molecule has 3 heterocycles. The summed E-state index contributed by atoms with van der Waals surface area (Å²) in [5, 5.41) is 16.2. The maximum absolute atomic E-state index is 12.8. The molecule has 0 fully saturated rings. The van der Waals surface area contributed by atoms with E-state index in [1.54, 1.807) is 12.1 Å². The Hall–Kier alpha value is -4.00. The minimum absolute atomic E-state index is 0.442. The molecular formula is C21H16F3N7. The van der Waals surface area contributed by atoms with E-state index in [4.69, 9.17) is 5.26 Å². The van der Waals surface area contributed by atoms with Gasteiger partial charge in [0.25, 0.3) is 0 Å². The van der Waals surface area contributed by atoms with Crippen molar-refractivity contribution < 1.29 is 13.2 Å². The van der Waals surface area contributed by atoms with Gasteiger partial charge in [-0.2, -0.15) is 28.0 Å². The lowest BCUT2D eigenvalue weighted by Gasteiger charge is -2.11. The molecule has 0 radical (unpaired) electrons. The summed E-state index contributed by atoms with van der Waals surface area (Å²) in [6, 6.07) is 12.1. The van der Waals surface area contributed by atoms with Gasteiger partial charge in [0.1, 0.15) is 12.4 Å². The van der Waals surface area contributed by atoms with Crippen LogP contribution in [0.25, 0.3) is 16.9 Å². The number of fused-ring (bicyclic) bond motifs is 1. The van der Waals surface area contributed by atoms with Crippen LogP contribution in [0, 0.1) is 11.3 Å². The number of rotatable bonds is 6. The highest BCUT2D eigenvalue weighted by Gasteiger charge is 2.30. The third-order valence-corrected chi connectivity index (χ3v) is 4.62. The lowest BCUT2D eigenvalue weighted by molar-refractivity contribution is -0.137. The highest BCUT2D eigenvalue weighted by atomic mass is 19.4. The second kappa shape index (κ2) is 8.39. The number of aromatic nitrogens is 5. The molecule has 1 N–H and O–H groups in total. The SMILES string of the molecule is N#Cc1ccc(CCCNc2nc(-c3ccc(C(F)(F)F)cc3)cc3ncnn23)nc1. The zero-order chi connectivity index (χ0) is 21.8. The van der Waals surface area contributed by atoms with Crippen molar-refractivity contribution in [2.45, 2.75) is 19.0 Å². The molecule has 0 aliphatic heterocycles. The number of anilines is 1. The highest BCUT2D eigenvalue weighted by molar-refractivity contribution is 5.65. The lowest BCUT2D eigenvalue weighted by Crippen LogP contribution is -2.10. The summed E-state index contributed by atoms with van der Waals surface area (Å²) < 4.78 is 40.0. The van der Waals surface area contributed by atoms with Crippen LogP contribution in [0.4, 0.5) is 19.1 Å². The van der Waals surface area contributed by atoms with Crippen molar-refractivity contribution in [2.24, 2.45) is 0 Å². The predicted octanol–water partition coefficient (Wildman–Crippen LogP) is 4.12. The van der Waals surface area contributed by atoms with E-state index in [-0.39, 0.29) is 0 Å². The number of alkyl halides is 3. The third-order valence-electron chi connectivity index (χ3n) is 4.62. The van der Waals surface area contributed by atoms with Gasteiger partial charge in [-0.1, -0.05) is 12.1 Å². The Kier molecular flexibility index (Phi) is 5.49. The Bertz CT molecular complexity index is 1220. The Labute approximate surface area is 175 Å². The van der Waals surface area contributed by atoms with Crippen LogP contribution in [0.3, 0.4) is 0 Å². The number of nitrogens with zero attached hydrogens (tertiary/aromatic N) is 6. The number of aryl methyl sites for hydroxylation is 1. The molecule has 0 unspecified atom stereocenters. The van der Waals surface area contributed by atoms with Gasteiger partial charge in [-0.25, -0.2) is 9.97 Å². The molecule has 156 valence electrons. The molecule has 4 rings (SSSR count). The summed E-state index contributed by atoms with van der Waals surface area (Å²) in [7, 11) is 0. The predicted molar refractivity (Wildman–Crippen MR) is 107 cm³/mol. The molecule has 31 heavy (non-hydrogen) atoms. The molecule has 0 aliphatic carbocycles. The molecular weight excluding hydrogens is 407 g/mol. The van der Waals surface area contributed by atoms with Gasteiger partial charge in [0, 0.05) is 30.1 Å². The molecule has 4 aromatic rings. The summed E-state index contributed by atoms with van der Waals surface area (Å²) in [6.45, 7) is 0.570. The number of halogens is 3. The minimum Gasteiger partial charge on any atom is -0.354 e. The minimum atomic E-state index is -4.39. The van der Waals surface area contributed by atoms with Crippen LogP contribution in [0.5, 0.6) is 0 Å². The Morgan fingerprint density at radius 2 is 1.87 bits per heavy atom. The fraction of sp³-hybridized carbons (Fsp3) is 0.190.